The minimum atomic E-state index is 0. The highest BCUT2D eigenvalue weighted by Gasteiger charge is 2.06. The number of hydrogen-bond acceptors (Lipinski definition) is 4. The number of nitrogens with one attached hydrogen (secondary N) is 2. The van der Waals surface area contributed by atoms with Crippen LogP contribution in [-0.2, 0) is 6.42 Å². The van der Waals surface area contributed by atoms with Crippen LogP contribution in [0.1, 0.15) is 35.2 Å². The predicted molar refractivity (Wildman–Crippen MR) is 113 cm³/mol. The molecule has 0 aliphatic carbocycles. The van der Waals surface area contributed by atoms with Gasteiger partial charge in [-0.3, -0.25) is 4.99 Å². The van der Waals surface area contributed by atoms with Crippen molar-refractivity contribution >= 4 is 52.6 Å². The lowest BCUT2D eigenvalue weighted by Gasteiger charge is -2.12. The number of aliphatic imine (C=N–C) groups is 1. The van der Waals surface area contributed by atoms with Gasteiger partial charge in [0.2, 0.25) is 0 Å². The van der Waals surface area contributed by atoms with Crippen molar-refractivity contribution < 1.29 is 0 Å². The Balaban J connectivity index is 0.00000264. The highest BCUT2D eigenvalue weighted by Crippen LogP contribution is 2.18. The van der Waals surface area contributed by atoms with Crippen molar-refractivity contribution in [3.05, 3.63) is 38.5 Å². The summed E-state index contributed by atoms with van der Waals surface area (Å²) in [5, 5.41) is 12.2. The Morgan fingerprint density at radius 3 is 2.83 bits per heavy atom. The molecule has 0 spiro atoms. The molecule has 128 valence electrons. The van der Waals surface area contributed by atoms with Gasteiger partial charge in [-0.15, -0.1) is 35.3 Å². The Bertz CT molecular complexity index is 581. The average Bonchev–Trinajstić information content (AvgIpc) is 3.16. The number of nitrogens with zero attached hydrogens (tertiary/aromatic N) is 2. The molecule has 2 heterocycles. The van der Waals surface area contributed by atoms with Gasteiger partial charge in [-0.1, -0.05) is 6.92 Å². The fourth-order valence-electron chi connectivity index (χ4n) is 2.04. The van der Waals surface area contributed by atoms with E-state index >= 15 is 0 Å². The molecule has 0 saturated heterocycles. The summed E-state index contributed by atoms with van der Waals surface area (Å²) in [5.41, 5.74) is 1.36. The van der Waals surface area contributed by atoms with Gasteiger partial charge in [0.1, 0.15) is 0 Å². The van der Waals surface area contributed by atoms with Gasteiger partial charge >= 0.3 is 0 Å². The minimum absolute atomic E-state index is 0. The first-order chi connectivity index (χ1) is 10.7. The lowest BCUT2D eigenvalue weighted by atomic mass is 10.1. The van der Waals surface area contributed by atoms with Crippen molar-refractivity contribution in [3.8, 4) is 0 Å². The second kappa shape index (κ2) is 11.0. The van der Waals surface area contributed by atoms with Crippen LogP contribution in [0.3, 0.4) is 0 Å². The maximum atomic E-state index is 4.69. The van der Waals surface area contributed by atoms with E-state index in [1.165, 1.54) is 15.4 Å². The summed E-state index contributed by atoms with van der Waals surface area (Å²) in [6.45, 7) is 8.91. The third kappa shape index (κ3) is 7.17. The van der Waals surface area contributed by atoms with Gasteiger partial charge in [0.25, 0.3) is 0 Å². The summed E-state index contributed by atoms with van der Waals surface area (Å²) >= 11 is 3.50. The summed E-state index contributed by atoms with van der Waals surface area (Å²) in [6, 6.07) is 2.18. The largest absolute Gasteiger partial charge is 0.357 e. The molecule has 7 heteroatoms. The Hall–Kier alpha value is -0.670. The molecule has 0 bridgehead atoms. The van der Waals surface area contributed by atoms with Crippen LogP contribution in [0.2, 0.25) is 0 Å². The molecule has 1 unspecified atom stereocenters. The van der Waals surface area contributed by atoms with Gasteiger partial charge in [0.05, 0.1) is 5.01 Å². The maximum absolute atomic E-state index is 4.69. The lowest BCUT2D eigenvalue weighted by molar-refractivity contribution is 0.747. The third-order valence-electron chi connectivity index (χ3n) is 3.28. The fraction of sp³-hybridized carbons (Fsp3) is 0.500. The SMILES string of the molecule is CCNC(=NCC(C)c1ccsc1)NCCc1ncc(C)s1.I. The van der Waals surface area contributed by atoms with Crippen molar-refractivity contribution in [2.24, 2.45) is 4.99 Å². The molecule has 23 heavy (non-hydrogen) atoms. The van der Waals surface area contributed by atoms with E-state index in [9.17, 15) is 0 Å². The molecule has 0 radical (unpaired) electrons. The topological polar surface area (TPSA) is 49.3 Å². The van der Waals surface area contributed by atoms with E-state index in [2.05, 4.69) is 58.2 Å². The zero-order valence-corrected chi connectivity index (χ0v) is 17.8. The highest BCUT2D eigenvalue weighted by atomic mass is 127. The first kappa shape index (κ1) is 20.4. The van der Waals surface area contributed by atoms with E-state index in [4.69, 9.17) is 0 Å². The van der Waals surface area contributed by atoms with Gasteiger partial charge in [-0.2, -0.15) is 11.3 Å². The zero-order valence-electron chi connectivity index (χ0n) is 13.8. The van der Waals surface area contributed by atoms with Crippen LogP contribution in [0.4, 0.5) is 0 Å². The van der Waals surface area contributed by atoms with Gasteiger partial charge in [0.15, 0.2) is 5.96 Å². The van der Waals surface area contributed by atoms with E-state index in [0.717, 1.165) is 32.0 Å². The molecule has 0 fully saturated rings. The van der Waals surface area contributed by atoms with Crippen molar-refractivity contribution in [3.63, 3.8) is 0 Å². The van der Waals surface area contributed by atoms with Crippen LogP contribution < -0.4 is 10.6 Å². The molecular weight excluding hydrogens is 439 g/mol. The van der Waals surface area contributed by atoms with Gasteiger partial charge in [-0.25, -0.2) is 4.98 Å². The number of aromatic nitrogens is 1. The molecule has 4 nitrogen and oxygen atoms in total. The maximum Gasteiger partial charge on any atom is 0.191 e. The molecule has 0 aliphatic rings. The quantitative estimate of drug-likeness (QED) is 0.370. The Labute approximate surface area is 163 Å². The van der Waals surface area contributed by atoms with E-state index in [1.807, 2.05) is 6.20 Å². The highest BCUT2D eigenvalue weighted by molar-refractivity contribution is 14.0. The lowest BCUT2D eigenvalue weighted by Crippen LogP contribution is -2.38. The Morgan fingerprint density at radius 1 is 1.39 bits per heavy atom. The Morgan fingerprint density at radius 2 is 2.22 bits per heavy atom. The Kier molecular flexibility index (Phi) is 9.73. The van der Waals surface area contributed by atoms with Crippen LogP contribution in [0.5, 0.6) is 0 Å². The summed E-state index contributed by atoms with van der Waals surface area (Å²) in [4.78, 5) is 10.3. The van der Waals surface area contributed by atoms with Crippen LogP contribution in [0.25, 0.3) is 0 Å². The third-order valence-corrected chi connectivity index (χ3v) is 4.95. The van der Waals surface area contributed by atoms with Gasteiger partial charge in [0, 0.05) is 43.0 Å². The number of halogens is 1. The number of hydrogen-bond donors (Lipinski definition) is 2. The molecule has 0 aliphatic heterocycles. The first-order valence-electron chi connectivity index (χ1n) is 7.64. The average molecular weight is 464 g/mol. The molecule has 2 N–H and O–H groups in total. The second-order valence-corrected chi connectivity index (χ2v) is 7.32. The molecule has 2 aromatic heterocycles. The fourth-order valence-corrected chi connectivity index (χ4v) is 3.60. The summed E-state index contributed by atoms with van der Waals surface area (Å²) in [5.74, 6) is 1.33. The van der Waals surface area contributed by atoms with Crippen molar-refractivity contribution in [2.45, 2.75) is 33.1 Å². The standard InChI is InChI=1S/C16H24N4S2.HI/c1-4-17-16(18-7-5-15-19-10-13(3)22-15)20-9-12(2)14-6-8-21-11-14;/h6,8,10-12H,4-5,7,9H2,1-3H3,(H2,17,18,20);1H. The summed E-state index contributed by atoms with van der Waals surface area (Å²) < 4.78 is 0. The number of aryl methyl sites for hydroxylation is 1. The van der Waals surface area contributed by atoms with Crippen LogP contribution in [-0.4, -0.2) is 30.6 Å². The molecule has 1 atom stereocenters. The monoisotopic (exact) mass is 464 g/mol. The number of rotatable bonds is 7. The van der Waals surface area contributed by atoms with Crippen LogP contribution in [0, 0.1) is 6.92 Å². The van der Waals surface area contributed by atoms with Gasteiger partial charge < -0.3 is 10.6 Å². The molecular formula is C16H25IN4S2. The van der Waals surface area contributed by atoms with E-state index in [1.54, 1.807) is 22.7 Å². The minimum Gasteiger partial charge on any atom is -0.357 e. The number of thiazole rings is 1. The zero-order chi connectivity index (χ0) is 15.8. The van der Waals surface area contributed by atoms with Crippen molar-refractivity contribution in [1.29, 1.82) is 0 Å². The van der Waals surface area contributed by atoms with E-state index < -0.39 is 0 Å². The van der Waals surface area contributed by atoms with E-state index in [0.29, 0.717) is 5.92 Å². The number of thiophene rings is 1. The first-order valence-corrected chi connectivity index (χ1v) is 9.40. The second-order valence-electron chi connectivity index (χ2n) is 5.22. The normalized spacial score (nSPS) is 12.6. The van der Waals surface area contributed by atoms with Crippen molar-refractivity contribution in [1.82, 2.24) is 15.6 Å². The molecule has 2 aromatic rings. The van der Waals surface area contributed by atoms with E-state index in [-0.39, 0.29) is 24.0 Å². The number of guanidine groups is 1. The van der Waals surface area contributed by atoms with Gasteiger partial charge in [-0.05, 0) is 36.2 Å². The van der Waals surface area contributed by atoms with Crippen molar-refractivity contribution in [2.75, 3.05) is 19.6 Å². The molecule has 0 saturated carbocycles. The van der Waals surface area contributed by atoms with Crippen LogP contribution in [0.15, 0.2) is 28.0 Å². The molecule has 0 amide bonds. The molecule has 2 rings (SSSR count). The van der Waals surface area contributed by atoms with Crippen LogP contribution >= 0.6 is 46.7 Å². The summed E-state index contributed by atoms with van der Waals surface area (Å²) in [7, 11) is 0. The summed E-state index contributed by atoms with van der Waals surface area (Å²) in [6.07, 6.45) is 2.87. The predicted octanol–water partition coefficient (Wildman–Crippen LogP) is 4.03. The molecule has 0 aromatic carbocycles. The smallest absolute Gasteiger partial charge is 0.191 e.